The third-order valence-electron chi connectivity index (χ3n) is 3.83. The fourth-order valence-corrected chi connectivity index (χ4v) is 2.64. The summed E-state index contributed by atoms with van der Waals surface area (Å²) >= 11 is 0. The molecule has 106 valence electrons. The number of nitrogens with zero attached hydrogens (tertiary/aromatic N) is 2. The smallest absolute Gasteiger partial charge is 0.337 e. The molecule has 1 aromatic heterocycles. The van der Waals surface area contributed by atoms with Gasteiger partial charge in [0, 0.05) is 30.1 Å². The summed E-state index contributed by atoms with van der Waals surface area (Å²) in [4.78, 5) is 17.8. The SMILES string of the molecule is CCC(CC)N(C)c1ncc(C(=O)O)c2ccccc12. The quantitative estimate of drug-likeness (QED) is 0.904. The number of rotatable bonds is 5. The number of carboxylic acids is 1. The third-order valence-corrected chi connectivity index (χ3v) is 3.83. The first kappa shape index (κ1) is 14.3. The first-order valence-corrected chi connectivity index (χ1v) is 6.94. The summed E-state index contributed by atoms with van der Waals surface area (Å²) in [6.45, 7) is 4.30. The van der Waals surface area contributed by atoms with Crippen LogP contribution in [0.2, 0.25) is 0 Å². The Morgan fingerprint density at radius 2 is 1.85 bits per heavy atom. The van der Waals surface area contributed by atoms with Gasteiger partial charge >= 0.3 is 5.97 Å². The van der Waals surface area contributed by atoms with Gasteiger partial charge in [-0.3, -0.25) is 0 Å². The average molecular weight is 272 g/mol. The molecule has 0 amide bonds. The lowest BCUT2D eigenvalue weighted by molar-refractivity contribution is 0.0698. The molecule has 0 atom stereocenters. The van der Waals surface area contributed by atoms with Gasteiger partial charge in [0.05, 0.1) is 5.56 Å². The van der Waals surface area contributed by atoms with Crippen LogP contribution in [-0.2, 0) is 0 Å². The van der Waals surface area contributed by atoms with Crippen molar-refractivity contribution in [1.82, 2.24) is 4.98 Å². The lowest BCUT2D eigenvalue weighted by atomic mass is 10.1. The summed E-state index contributed by atoms with van der Waals surface area (Å²) < 4.78 is 0. The molecular weight excluding hydrogens is 252 g/mol. The van der Waals surface area contributed by atoms with Crippen LogP contribution in [0.4, 0.5) is 5.82 Å². The van der Waals surface area contributed by atoms with Crippen molar-refractivity contribution in [3.05, 3.63) is 36.0 Å². The Hall–Kier alpha value is -2.10. The number of benzene rings is 1. The second-order valence-corrected chi connectivity index (χ2v) is 4.93. The Labute approximate surface area is 119 Å². The molecule has 0 spiro atoms. The van der Waals surface area contributed by atoms with Gasteiger partial charge in [0.1, 0.15) is 5.82 Å². The lowest BCUT2D eigenvalue weighted by Gasteiger charge is -2.28. The molecule has 20 heavy (non-hydrogen) atoms. The van der Waals surface area contributed by atoms with E-state index in [0.29, 0.717) is 6.04 Å². The molecule has 0 aliphatic heterocycles. The van der Waals surface area contributed by atoms with E-state index in [1.165, 1.54) is 6.20 Å². The van der Waals surface area contributed by atoms with Crippen LogP contribution in [0.3, 0.4) is 0 Å². The highest BCUT2D eigenvalue weighted by Crippen LogP contribution is 2.28. The number of fused-ring (bicyclic) bond motifs is 1. The molecule has 0 saturated carbocycles. The highest BCUT2D eigenvalue weighted by molar-refractivity contribution is 6.06. The van der Waals surface area contributed by atoms with Gasteiger partial charge in [0.25, 0.3) is 0 Å². The minimum absolute atomic E-state index is 0.252. The Morgan fingerprint density at radius 1 is 1.25 bits per heavy atom. The molecular formula is C16H20N2O2. The number of aromatic nitrogens is 1. The number of hydrogen-bond donors (Lipinski definition) is 1. The first-order valence-electron chi connectivity index (χ1n) is 6.94. The molecule has 0 saturated heterocycles. The van der Waals surface area contributed by atoms with Gasteiger partial charge in [-0.15, -0.1) is 0 Å². The summed E-state index contributed by atoms with van der Waals surface area (Å²) in [6, 6.07) is 7.95. The molecule has 4 heteroatoms. The lowest BCUT2D eigenvalue weighted by Crippen LogP contribution is -2.31. The average Bonchev–Trinajstić information content (AvgIpc) is 2.47. The number of anilines is 1. The Kier molecular flexibility index (Phi) is 4.23. The summed E-state index contributed by atoms with van der Waals surface area (Å²) in [6.07, 6.45) is 3.52. The fraction of sp³-hybridized carbons (Fsp3) is 0.375. The van der Waals surface area contributed by atoms with Crippen LogP contribution in [0.1, 0.15) is 37.0 Å². The van der Waals surface area contributed by atoms with E-state index in [0.717, 1.165) is 29.4 Å². The van der Waals surface area contributed by atoms with Gasteiger partial charge in [-0.25, -0.2) is 9.78 Å². The maximum atomic E-state index is 11.3. The fourth-order valence-electron chi connectivity index (χ4n) is 2.64. The predicted molar refractivity (Wildman–Crippen MR) is 81.5 cm³/mol. The van der Waals surface area contributed by atoms with Crippen LogP contribution in [0, 0.1) is 0 Å². The van der Waals surface area contributed by atoms with Crippen LogP contribution in [0.25, 0.3) is 10.8 Å². The minimum Gasteiger partial charge on any atom is -0.478 e. The topological polar surface area (TPSA) is 53.4 Å². The largest absolute Gasteiger partial charge is 0.478 e. The number of carbonyl (C=O) groups is 1. The van der Waals surface area contributed by atoms with Gasteiger partial charge in [0.2, 0.25) is 0 Å². The summed E-state index contributed by atoms with van der Waals surface area (Å²) in [5.41, 5.74) is 0.252. The molecule has 1 aromatic carbocycles. The zero-order valence-electron chi connectivity index (χ0n) is 12.1. The maximum Gasteiger partial charge on any atom is 0.337 e. The standard InChI is InChI=1S/C16H20N2O2/c1-4-11(5-2)18(3)15-13-9-7-6-8-12(13)14(10-17-15)16(19)20/h6-11H,4-5H2,1-3H3,(H,19,20). The van der Waals surface area contributed by atoms with E-state index >= 15 is 0 Å². The first-order chi connectivity index (χ1) is 9.60. The zero-order chi connectivity index (χ0) is 14.7. The zero-order valence-corrected chi connectivity index (χ0v) is 12.1. The summed E-state index contributed by atoms with van der Waals surface area (Å²) in [7, 11) is 2.02. The molecule has 2 rings (SSSR count). The van der Waals surface area contributed by atoms with Crippen LogP contribution >= 0.6 is 0 Å². The van der Waals surface area contributed by atoms with Crippen molar-refractivity contribution >= 4 is 22.6 Å². The van der Waals surface area contributed by atoms with E-state index in [1.54, 1.807) is 0 Å². The number of hydrogen-bond acceptors (Lipinski definition) is 3. The van der Waals surface area contributed by atoms with Crippen LogP contribution in [-0.4, -0.2) is 29.1 Å². The normalized spacial score (nSPS) is 11.0. The molecule has 0 bridgehead atoms. The van der Waals surface area contributed by atoms with E-state index in [-0.39, 0.29) is 5.56 Å². The molecule has 0 fully saturated rings. The number of aromatic carboxylic acids is 1. The highest BCUT2D eigenvalue weighted by atomic mass is 16.4. The maximum absolute atomic E-state index is 11.3. The van der Waals surface area contributed by atoms with Gasteiger partial charge < -0.3 is 10.0 Å². The van der Waals surface area contributed by atoms with Crippen LogP contribution in [0.5, 0.6) is 0 Å². The van der Waals surface area contributed by atoms with Crippen molar-refractivity contribution in [3.8, 4) is 0 Å². The molecule has 1 N–H and O–H groups in total. The van der Waals surface area contributed by atoms with Gasteiger partial charge in [0.15, 0.2) is 0 Å². The van der Waals surface area contributed by atoms with Crippen molar-refractivity contribution < 1.29 is 9.90 Å². The Morgan fingerprint density at radius 3 is 2.40 bits per heavy atom. The second-order valence-electron chi connectivity index (χ2n) is 4.93. The van der Waals surface area contributed by atoms with E-state index in [1.807, 2.05) is 31.3 Å². The van der Waals surface area contributed by atoms with E-state index < -0.39 is 5.97 Å². The van der Waals surface area contributed by atoms with Crippen molar-refractivity contribution in [2.45, 2.75) is 32.7 Å². The molecule has 0 radical (unpaired) electrons. The van der Waals surface area contributed by atoms with Crippen molar-refractivity contribution in [3.63, 3.8) is 0 Å². The number of pyridine rings is 1. The van der Waals surface area contributed by atoms with Gasteiger partial charge in [-0.2, -0.15) is 0 Å². The third kappa shape index (κ3) is 2.46. The highest BCUT2D eigenvalue weighted by Gasteiger charge is 2.18. The molecule has 1 heterocycles. The molecule has 2 aromatic rings. The minimum atomic E-state index is -0.939. The Balaban J connectivity index is 2.61. The summed E-state index contributed by atoms with van der Waals surface area (Å²) in [5, 5.41) is 10.9. The van der Waals surface area contributed by atoms with Crippen LogP contribution in [0.15, 0.2) is 30.5 Å². The summed E-state index contributed by atoms with van der Waals surface area (Å²) in [5.74, 6) is -0.0928. The number of carboxylic acid groups (broad SMARTS) is 1. The second kappa shape index (κ2) is 5.90. The van der Waals surface area contributed by atoms with E-state index in [9.17, 15) is 9.90 Å². The van der Waals surface area contributed by atoms with Crippen molar-refractivity contribution in [2.75, 3.05) is 11.9 Å². The molecule has 0 aliphatic carbocycles. The van der Waals surface area contributed by atoms with Gasteiger partial charge in [-0.1, -0.05) is 38.1 Å². The van der Waals surface area contributed by atoms with E-state index in [4.69, 9.17) is 0 Å². The van der Waals surface area contributed by atoms with Crippen molar-refractivity contribution in [2.24, 2.45) is 0 Å². The Bertz CT molecular complexity index is 621. The van der Waals surface area contributed by atoms with Crippen LogP contribution < -0.4 is 4.90 Å². The van der Waals surface area contributed by atoms with E-state index in [2.05, 4.69) is 23.7 Å². The molecule has 4 nitrogen and oxygen atoms in total. The van der Waals surface area contributed by atoms with Gasteiger partial charge in [-0.05, 0) is 12.8 Å². The molecule has 0 unspecified atom stereocenters. The predicted octanol–water partition coefficient (Wildman–Crippen LogP) is 3.56. The monoisotopic (exact) mass is 272 g/mol. The molecule has 0 aliphatic rings. The van der Waals surface area contributed by atoms with Crippen molar-refractivity contribution in [1.29, 1.82) is 0 Å².